The minimum atomic E-state index is -0.850. The van der Waals surface area contributed by atoms with Crippen LogP contribution < -0.4 is 5.32 Å². The van der Waals surface area contributed by atoms with Gasteiger partial charge in [-0.2, -0.15) is 0 Å². The van der Waals surface area contributed by atoms with Crippen LogP contribution >= 0.6 is 0 Å². The van der Waals surface area contributed by atoms with Crippen LogP contribution in [0.25, 0.3) is 0 Å². The predicted molar refractivity (Wildman–Crippen MR) is 80.1 cm³/mol. The number of aryl methyl sites for hydroxylation is 1. The highest BCUT2D eigenvalue weighted by molar-refractivity contribution is 5.76. The fraction of sp³-hybridized carbons (Fsp3) is 0.500. The number of rotatable bonds is 5. The Morgan fingerprint density at radius 3 is 2.86 bits per heavy atom. The minimum Gasteiger partial charge on any atom is -0.481 e. The molecule has 2 amide bonds. The van der Waals surface area contributed by atoms with Gasteiger partial charge < -0.3 is 15.3 Å². The number of likely N-dealkylation sites (tertiary alicyclic amines) is 1. The standard InChI is InChI=1S/C16H21FN2O3/c17-14-8-2-1-5-12(14)6-3-9-18-16(22)19-10-4-7-13(11-19)15(20)21/h1-2,5,8,13H,3-4,6-7,9-11H2,(H,18,22)(H,20,21). The van der Waals surface area contributed by atoms with Crippen molar-refractivity contribution in [3.05, 3.63) is 35.6 Å². The van der Waals surface area contributed by atoms with Gasteiger partial charge >= 0.3 is 12.0 Å². The number of hydrogen-bond acceptors (Lipinski definition) is 2. The van der Waals surface area contributed by atoms with Gasteiger partial charge in [-0.3, -0.25) is 4.79 Å². The van der Waals surface area contributed by atoms with Gasteiger partial charge in [-0.1, -0.05) is 18.2 Å². The Balaban J connectivity index is 1.71. The van der Waals surface area contributed by atoms with Crippen LogP contribution in [0.1, 0.15) is 24.8 Å². The van der Waals surface area contributed by atoms with Gasteiger partial charge in [-0.25, -0.2) is 9.18 Å². The molecule has 22 heavy (non-hydrogen) atoms. The number of nitrogens with zero attached hydrogens (tertiary/aromatic N) is 1. The maximum atomic E-state index is 13.4. The van der Waals surface area contributed by atoms with Crippen molar-refractivity contribution in [2.45, 2.75) is 25.7 Å². The van der Waals surface area contributed by atoms with Crippen molar-refractivity contribution in [2.75, 3.05) is 19.6 Å². The van der Waals surface area contributed by atoms with Crippen molar-refractivity contribution in [3.63, 3.8) is 0 Å². The van der Waals surface area contributed by atoms with Crippen LogP contribution in [-0.2, 0) is 11.2 Å². The highest BCUT2D eigenvalue weighted by Gasteiger charge is 2.27. The Hall–Kier alpha value is -2.11. The SMILES string of the molecule is O=C(O)C1CCCN(C(=O)NCCCc2ccccc2F)C1. The fourth-order valence-electron chi connectivity index (χ4n) is 2.65. The van der Waals surface area contributed by atoms with Gasteiger partial charge in [0.15, 0.2) is 0 Å². The van der Waals surface area contributed by atoms with E-state index in [4.69, 9.17) is 5.11 Å². The Bertz CT molecular complexity index is 536. The van der Waals surface area contributed by atoms with Crippen LogP contribution in [0.15, 0.2) is 24.3 Å². The Morgan fingerprint density at radius 1 is 1.36 bits per heavy atom. The molecule has 120 valence electrons. The predicted octanol–water partition coefficient (Wildman–Crippen LogP) is 2.26. The Kier molecular flexibility index (Phi) is 5.75. The first-order valence-electron chi connectivity index (χ1n) is 7.57. The summed E-state index contributed by atoms with van der Waals surface area (Å²) in [6.07, 6.45) is 2.53. The quantitative estimate of drug-likeness (QED) is 0.820. The lowest BCUT2D eigenvalue weighted by Gasteiger charge is -2.30. The number of carboxylic acid groups (broad SMARTS) is 1. The number of carbonyl (C=O) groups excluding carboxylic acids is 1. The minimum absolute atomic E-state index is 0.228. The summed E-state index contributed by atoms with van der Waals surface area (Å²) in [5, 5.41) is 11.8. The molecule has 1 saturated heterocycles. The normalized spacial score (nSPS) is 18.0. The summed E-state index contributed by atoms with van der Waals surface area (Å²) in [7, 11) is 0. The van der Waals surface area contributed by atoms with Crippen LogP contribution in [0.2, 0.25) is 0 Å². The van der Waals surface area contributed by atoms with Crippen LogP contribution in [0.4, 0.5) is 9.18 Å². The number of nitrogens with one attached hydrogen (secondary N) is 1. The van der Waals surface area contributed by atoms with Gasteiger partial charge in [0.05, 0.1) is 5.92 Å². The van der Waals surface area contributed by atoms with Crippen molar-refractivity contribution in [1.29, 1.82) is 0 Å². The number of halogens is 1. The maximum Gasteiger partial charge on any atom is 0.317 e. The van der Waals surface area contributed by atoms with E-state index in [0.717, 1.165) is 0 Å². The molecule has 1 fully saturated rings. The topological polar surface area (TPSA) is 69.6 Å². The molecule has 6 heteroatoms. The zero-order chi connectivity index (χ0) is 15.9. The van der Waals surface area contributed by atoms with E-state index in [9.17, 15) is 14.0 Å². The average molecular weight is 308 g/mol. The lowest BCUT2D eigenvalue weighted by Crippen LogP contribution is -2.47. The summed E-state index contributed by atoms with van der Waals surface area (Å²) in [6, 6.07) is 6.36. The molecule has 0 radical (unpaired) electrons. The molecule has 1 aromatic carbocycles. The molecule has 1 aliphatic rings. The second-order valence-electron chi connectivity index (χ2n) is 5.55. The largest absolute Gasteiger partial charge is 0.481 e. The van der Waals surface area contributed by atoms with E-state index in [1.54, 1.807) is 23.1 Å². The summed E-state index contributed by atoms with van der Waals surface area (Å²) < 4.78 is 13.4. The first kappa shape index (κ1) is 16.3. The zero-order valence-electron chi connectivity index (χ0n) is 12.4. The van der Waals surface area contributed by atoms with Crippen molar-refractivity contribution in [3.8, 4) is 0 Å². The van der Waals surface area contributed by atoms with E-state index in [1.807, 2.05) is 0 Å². The van der Waals surface area contributed by atoms with Gasteiger partial charge in [-0.15, -0.1) is 0 Å². The number of benzene rings is 1. The molecule has 0 bridgehead atoms. The number of aliphatic carboxylic acids is 1. The van der Waals surface area contributed by atoms with Gasteiger partial charge in [0.2, 0.25) is 0 Å². The third-order valence-corrected chi connectivity index (χ3v) is 3.91. The van der Waals surface area contributed by atoms with Gasteiger partial charge in [0.25, 0.3) is 0 Å². The molecule has 2 rings (SSSR count). The third kappa shape index (κ3) is 4.44. The molecule has 2 N–H and O–H groups in total. The molecule has 1 heterocycles. The molecule has 1 unspecified atom stereocenters. The first-order chi connectivity index (χ1) is 10.6. The van der Waals surface area contributed by atoms with Crippen LogP contribution in [0.3, 0.4) is 0 Å². The second kappa shape index (κ2) is 7.77. The number of hydrogen-bond donors (Lipinski definition) is 2. The number of piperidine rings is 1. The zero-order valence-corrected chi connectivity index (χ0v) is 12.4. The lowest BCUT2D eigenvalue weighted by molar-refractivity contribution is -0.143. The van der Waals surface area contributed by atoms with Gasteiger partial charge in [0, 0.05) is 19.6 Å². The van der Waals surface area contributed by atoms with E-state index in [-0.39, 0.29) is 18.4 Å². The smallest absolute Gasteiger partial charge is 0.317 e. The highest BCUT2D eigenvalue weighted by Crippen LogP contribution is 2.16. The van der Waals surface area contributed by atoms with Crippen LogP contribution in [0, 0.1) is 11.7 Å². The monoisotopic (exact) mass is 308 g/mol. The fourth-order valence-corrected chi connectivity index (χ4v) is 2.65. The highest BCUT2D eigenvalue weighted by atomic mass is 19.1. The first-order valence-corrected chi connectivity index (χ1v) is 7.57. The summed E-state index contributed by atoms with van der Waals surface area (Å²) in [5.74, 6) is -1.55. The molecule has 0 spiro atoms. The van der Waals surface area contributed by atoms with E-state index in [0.29, 0.717) is 44.3 Å². The van der Waals surface area contributed by atoms with E-state index in [2.05, 4.69) is 5.32 Å². The summed E-state index contributed by atoms with van der Waals surface area (Å²) >= 11 is 0. The third-order valence-electron chi connectivity index (χ3n) is 3.91. The molecule has 0 saturated carbocycles. The lowest BCUT2D eigenvalue weighted by atomic mass is 9.99. The molecule has 0 aromatic heterocycles. The molecule has 1 atom stereocenters. The summed E-state index contributed by atoms with van der Waals surface area (Å²) in [5.41, 5.74) is 0.640. The van der Waals surface area contributed by atoms with Gasteiger partial charge in [-0.05, 0) is 37.3 Å². The number of carboxylic acids is 1. The van der Waals surface area contributed by atoms with Crippen molar-refractivity contribution < 1.29 is 19.1 Å². The van der Waals surface area contributed by atoms with E-state index < -0.39 is 11.9 Å². The molecular weight excluding hydrogens is 287 g/mol. The average Bonchev–Trinajstić information content (AvgIpc) is 2.53. The number of carbonyl (C=O) groups is 2. The number of amides is 2. The molecule has 0 aliphatic carbocycles. The summed E-state index contributed by atoms with van der Waals surface area (Å²) in [6.45, 7) is 1.29. The summed E-state index contributed by atoms with van der Waals surface area (Å²) in [4.78, 5) is 24.5. The molecule has 1 aliphatic heterocycles. The van der Waals surface area contributed by atoms with Crippen LogP contribution in [-0.4, -0.2) is 41.6 Å². The Labute approximate surface area is 129 Å². The van der Waals surface area contributed by atoms with Crippen molar-refractivity contribution in [2.24, 2.45) is 5.92 Å². The second-order valence-corrected chi connectivity index (χ2v) is 5.55. The maximum absolute atomic E-state index is 13.4. The van der Waals surface area contributed by atoms with Gasteiger partial charge in [0.1, 0.15) is 5.82 Å². The number of urea groups is 1. The van der Waals surface area contributed by atoms with E-state index >= 15 is 0 Å². The van der Waals surface area contributed by atoms with Crippen molar-refractivity contribution >= 4 is 12.0 Å². The molecule has 5 nitrogen and oxygen atoms in total. The van der Waals surface area contributed by atoms with Crippen LogP contribution in [0.5, 0.6) is 0 Å². The van der Waals surface area contributed by atoms with Crippen molar-refractivity contribution in [1.82, 2.24) is 10.2 Å². The Morgan fingerprint density at radius 2 is 2.14 bits per heavy atom. The molecule has 1 aromatic rings. The van der Waals surface area contributed by atoms with E-state index in [1.165, 1.54) is 6.07 Å². The molecular formula is C16H21FN2O3.